The SMILES string of the molecule is CCNC(CC)c1nnc(Cc2ccc(C)c(C)c2)s1. The lowest BCUT2D eigenvalue weighted by Crippen LogP contribution is -2.19. The van der Waals surface area contributed by atoms with Crippen LogP contribution in [0.15, 0.2) is 18.2 Å². The van der Waals surface area contributed by atoms with Gasteiger partial charge in [-0.2, -0.15) is 0 Å². The van der Waals surface area contributed by atoms with Crippen molar-refractivity contribution in [1.82, 2.24) is 15.5 Å². The Morgan fingerprint density at radius 2 is 1.95 bits per heavy atom. The summed E-state index contributed by atoms with van der Waals surface area (Å²) in [5.74, 6) is 0. The molecule has 1 heterocycles. The number of rotatable bonds is 6. The van der Waals surface area contributed by atoms with Crippen molar-refractivity contribution in [2.24, 2.45) is 0 Å². The van der Waals surface area contributed by atoms with Crippen molar-refractivity contribution < 1.29 is 0 Å². The number of nitrogens with zero attached hydrogens (tertiary/aromatic N) is 2. The zero-order valence-electron chi connectivity index (χ0n) is 12.7. The van der Waals surface area contributed by atoms with Crippen LogP contribution in [0.4, 0.5) is 0 Å². The van der Waals surface area contributed by atoms with Crippen LogP contribution < -0.4 is 5.32 Å². The van der Waals surface area contributed by atoms with Gasteiger partial charge in [0.25, 0.3) is 0 Å². The van der Waals surface area contributed by atoms with E-state index in [4.69, 9.17) is 0 Å². The van der Waals surface area contributed by atoms with Gasteiger partial charge in [-0.3, -0.25) is 0 Å². The van der Waals surface area contributed by atoms with E-state index in [1.165, 1.54) is 16.7 Å². The van der Waals surface area contributed by atoms with Crippen LogP contribution in [0.25, 0.3) is 0 Å². The second kappa shape index (κ2) is 6.95. The zero-order valence-corrected chi connectivity index (χ0v) is 13.5. The van der Waals surface area contributed by atoms with E-state index < -0.39 is 0 Å². The highest BCUT2D eigenvalue weighted by atomic mass is 32.1. The number of nitrogens with one attached hydrogen (secondary N) is 1. The maximum atomic E-state index is 4.35. The van der Waals surface area contributed by atoms with Gasteiger partial charge in [0, 0.05) is 6.42 Å². The summed E-state index contributed by atoms with van der Waals surface area (Å²) in [7, 11) is 0. The number of aryl methyl sites for hydroxylation is 2. The summed E-state index contributed by atoms with van der Waals surface area (Å²) in [6.07, 6.45) is 1.92. The normalized spacial score (nSPS) is 12.6. The van der Waals surface area contributed by atoms with E-state index in [0.717, 1.165) is 29.4 Å². The Hall–Kier alpha value is -1.26. The first kappa shape index (κ1) is 15.1. The smallest absolute Gasteiger partial charge is 0.134 e. The first-order chi connectivity index (χ1) is 9.63. The molecule has 108 valence electrons. The Labute approximate surface area is 125 Å². The minimum atomic E-state index is 0.339. The van der Waals surface area contributed by atoms with Crippen molar-refractivity contribution in [3.05, 3.63) is 44.9 Å². The van der Waals surface area contributed by atoms with E-state index in [0.29, 0.717) is 6.04 Å². The molecule has 1 aromatic heterocycles. The lowest BCUT2D eigenvalue weighted by molar-refractivity contribution is 0.531. The van der Waals surface area contributed by atoms with Crippen LogP contribution >= 0.6 is 11.3 Å². The number of hydrogen-bond acceptors (Lipinski definition) is 4. The van der Waals surface area contributed by atoms with Gasteiger partial charge in [-0.1, -0.05) is 43.4 Å². The van der Waals surface area contributed by atoms with Gasteiger partial charge < -0.3 is 5.32 Å². The fourth-order valence-electron chi connectivity index (χ4n) is 2.22. The van der Waals surface area contributed by atoms with Gasteiger partial charge in [0.2, 0.25) is 0 Å². The molecule has 1 N–H and O–H groups in total. The summed E-state index contributed by atoms with van der Waals surface area (Å²) >= 11 is 1.73. The molecule has 0 aliphatic rings. The lowest BCUT2D eigenvalue weighted by atomic mass is 10.0. The molecular weight excluding hydrogens is 266 g/mol. The van der Waals surface area contributed by atoms with Gasteiger partial charge in [0.05, 0.1) is 6.04 Å². The molecule has 0 amide bonds. The largest absolute Gasteiger partial charge is 0.308 e. The molecule has 3 nitrogen and oxygen atoms in total. The Balaban J connectivity index is 2.10. The van der Waals surface area contributed by atoms with Crippen LogP contribution in [0.1, 0.15) is 53.0 Å². The molecule has 0 saturated carbocycles. The van der Waals surface area contributed by atoms with Gasteiger partial charge in [-0.15, -0.1) is 10.2 Å². The summed E-state index contributed by atoms with van der Waals surface area (Å²) < 4.78 is 0. The van der Waals surface area contributed by atoms with Gasteiger partial charge in [0.15, 0.2) is 0 Å². The molecule has 0 aliphatic heterocycles. The highest BCUT2D eigenvalue weighted by Crippen LogP contribution is 2.23. The molecule has 1 unspecified atom stereocenters. The van der Waals surface area contributed by atoms with Crippen LogP contribution in [0, 0.1) is 13.8 Å². The van der Waals surface area contributed by atoms with Crippen LogP contribution in [0.5, 0.6) is 0 Å². The van der Waals surface area contributed by atoms with Gasteiger partial charge in [-0.05, 0) is 43.5 Å². The van der Waals surface area contributed by atoms with E-state index in [1.807, 2.05) is 0 Å². The molecular formula is C16H23N3S. The third-order valence-electron chi connectivity index (χ3n) is 3.57. The molecule has 0 saturated heterocycles. The summed E-state index contributed by atoms with van der Waals surface area (Å²) in [4.78, 5) is 0. The topological polar surface area (TPSA) is 37.8 Å². The van der Waals surface area contributed by atoms with E-state index in [-0.39, 0.29) is 0 Å². The number of hydrogen-bond donors (Lipinski definition) is 1. The van der Waals surface area contributed by atoms with E-state index in [1.54, 1.807) is 11.3 Å². The molecule has 0 aliphatic carbocycles. The summed E-state index contributed by atoms with van der Waals surface area (Å²) in [6, 6.07) is 6.95. The minimum absolute atomic E-state index is 0.339. The van der Waals surface area contributed by atoms with Crippen molar-refractivity contribution in [2.45, 2.75) is 46.6 Å². The summed E-state index contributed by atoms with van der Waals surface area (Å²) in [5.41, 5.74) is 3.99. The third-order valence-corrected chi connectivity index (χ3v) is 4.60. The third kappa shape index (κ3) is 3.64. The quantitative estimate of drug-likeness (QED) is 0.879. The maximum absolute atomic E-state index is 4.35. The van der Waals surface area contributed by atoms with Crippen molar-refractivity contribution in [3.63, 3.8) is 0 Å². The summed E-state index contributed by atoms with van der Waals surface area (Å²) in [5, 5.41) is 14.3. The summed E-state index contributed by atoms with van der Waals surface area (Å²) in [6.45, 7) is 9.56. The molecule has 0 fully saturated rings. The highest BCUT2D eigenvalue weighted by Gasteiger charge is 2.14. The fraction of sp³-hybridized carbons (Fsp3) is 0.500. The molecule has 2 rings (SSSR count). The average Bonchev–Trinajstić information content (AvgIpc) is 2.88. The second-order valence-corrected chi connectivity index (χ2v) is 6.24. The first-order valence-corrected chi connectivity index (χ1v) is 8.07. The Morgan fingerprint density at radius 1 is 1.15 bits per heavy atom. The molecule has 0 bridgehead atoms. The Kier molecular flexibility index (Phi) is 5.26. The van der Waals surface area contributed by atoms with E-state index in [9.17, 15) is 0 Å². The van der Waals surface area contributed by atoms with Crippen LogP contribution in [0.2, 0.25) is 0 Å². The van der Waals surface area contributed by atoms with Gasteiger partial charge in [0.1, 0.15) is 10.0 Å². The van der Waals surface area contributed by atoms with Crippen LogP contribution in [0.3, 0.4) is 0 Å². The molecule has 0 spiro atoms. The van der Waals surface area contributed by atoms with E-state index in [2.05, 4.69) is 61.4 Å². The van der Waals surface area contributed by atoms with Crippen molar-refractivity contribution in [3.8, 4) is 0 Å². The van der Waals surface area contributed by atoms with Gasteiger partial charge in [-0.25, -0.2) is 0 Å². The zero-order chi connectivity index (χ0) is 14.5. The van der Waals surface area contributed by atoms with Crippen LogP contribution in [-0.2, 0) is 6.42 Å². The van der Waals surface area contributed by atoms with Crippen LogP contribution in [-0.4, -0.2) is 16.7 Å². The average molecular weight is 289 g/mol. The minimum Gasteiger partial charge on any atom is -0.308 e. The maximum Gasteiger partial charge on any atom is 0.134 e. The highest BCUT2D eigenvalue weighted by molar-refractivity contribution is 7.11. The Bertz CT molecular complexity index is 563. The monoisotopic (exact) mass is 289 g/mol. The lowest BCUT2D eigenvalue weighted by Gasteiger charge is -2.11. The van der Waals surface area contributed by atoms with Gasteiger partial charge >= 0.3 is 0 Å². The number of benzene rings is 1. The molecule has 2 aromatic rings. The molecule has 4 heteroatoms. The molecule has 1 atom stereocenters. The second-order valence-electron chi connectivity index (χ2n) is 5.15. The van der Waals surface area contributed by atoms with Crippen molar-refractivity contribution in [2.75, 3.05) is 6.54 Å². The van der Waals surface area contributed by atoms with Crippen molar-refractivity contribution in [1.29, 1.82) is 0 Å². The molecule has 20 heavy (non-hydrogen) atoms. The number of aromatic nitrogens is 2. The molecule has 1 aromatic carbocycles. The van der Waals surface area contributed by atoms with E-state index >= 15 is 0 Å². The fourth-order valence-corrected chi connectivity index (χ4v) is 3.26. The standard InChI is InChI=1S/C16H23N3S/c1-5-14(17-6-2)16-19-18-15(20-16)10-13-8-7-11(3)12(4)9-13/h7-9,14,17H,5-6,10H2,1-4H3. The Morgan fingerprint density at radius 3 is 2.60 bits per heavy atom. The first-order valence-electron chi connectivity index (χ1n) is 7.25. The predicted molar refractivity (Wildman–Crippen MR) is 85.3 cm³/mol. The van der Waals surface area contributed by atoms with Crippen molar-refractivity contribution >= 4 is 11.3 Å². The predicted octanol–water partition coefficient (Wildman–Crippen LogP) is 3.81. The molecule has 0 radical (unpaired) electrons.